The highest BCUT2D eigenvalue weighted by Gasteiger charge is 2.47. The lowest BCUT2D eigenvalue weighted by atomic mass is 9.68. The van der Waals surface area contributed by atoms with E-state index in [9.17, 15) is 9.90 Å². The lowest BCUT2D eigenvalue weighted by molar-refractivity contribution is -0.153. The number of likely N-dealkylation sites (tertiary alicyclic amines) is 1. The maximum atomic E-state index is 11.2. The third-order valence-electron chi connectivity index (χ3n) is 3.78. The number of aliphatic carboxylic acids is 1. The van der Waals surface area contributed by atoms with Crippen LogP contribution in [0.2, 0.25) is 0 Å². The summed E-state index contributed by atoms with van der Waals surface area (Å²) in [5, 5.41) is 9.25. The number of carbonyl (C=O) groups is 1. The molecule has 1 unspecified atom stereocenters. The Morgan fingerprint density at radius 1 is 1.40 bits per heavy atom. The van der Waals surface area contributed by atoms with E-state index in [1.54, 1.807) is 0 Å². The minimum atomic E-state index is -0.649. The minimum Gasteiger partial charge on any atom is -0.481 e. The summed E-state index contributed by atoms with van der Waals surface area (Å²) in [4.78, 5) is 13.6. The van der Waals surface area contributed by atoms with Crippen LogP contribution in [0.3, 0.4) is 0 Å². The van der Waals surface area contributed by atoms with Crippen LogP contribution in [-0.4, -0.2) is 34.6 Å². The van der Waals surface area contributed by atoms with Gasteiger partial charge in [0.05, 0.1) is 5.92 Å². The SMILES string of the molecule is CCN1CC(C)(C)C(C(=O)O)CC1(C)C. The van der Waals surface area contributed by atoms with E-state index < -0.39 is 5.97 Å². The Kier molecular flexibility index (Phi) is 3.15. The second-order valence-corrected chi connectivity index (χ2v) is 5.91. The van der Waals surface area contributed by atoms with E-state index >= 15 is 0 Å². The lowest BCUT2D eigenvalue weighted by Crippen LogP contribution is -2.58. The van der Waals surface area contributed by atoms with Gasteiger partial charge < -0.3 is 5.11 Å². The summed E-state index contributed by atoms with van der Waals surface area (Å²) in [6.07, 6.45) is 0.739. The Hall–Kier alpha value is -0.570. The second-order valence-electron chi connectivity index (χ2n) is 5.91. The number of nitrogens with zero attached hydrogens (tertiary/aromatic N) is 1. The largest absolute Gasteiger partial charge is 0.481 e. The monoisotopic (exact) mass is 213 g/mol. The maximum absolute atomic E-state index is 11.2. The molecule has 88 valence electrons. The van der Waals surface area contributed by atoms with E-state index in [4.69, 9.17) is 0 Å². The van der Waals surface area contributed by atoms with E-state index in [0.29, 0.717) is 0 Å². The number of carboxylic acid groups (broad SMARTS) is 1. The molecule has 1 fully saturated rings. The first-order valence-corrected chi connectivity index (χ1v) is 5.68. The first kappa shape index (κ1) is 12.5. The molecule has 1 atom stereocenters. The van der Waals surface area contributed by atoms with Gasteiger partial charge in [0, 0.05) is 12.1 Å². The fourth-order valence-electron chi connectivity index (χ4n) is 2.68. The molecule has 0 aromatic carbocycles. The molecule has 0 aromatic rings. The van der Waals surface area contributed by atoms with Crippen LogP contribution in [0, 0.1) is 11.3 Å². The van der Waals surface area contributed by atoms with Crippen molar-refractivity contribution in [3.8, 4) is 0 Å². The second kappa shape index (κ2) is 3.78. The van der Waals surface area contributed by atoms with Gasteiger partial charge in [0.1, 0.15) is 0 Å². The zero-order valence-electron chi connectivity index (χ0n) is 10.5. The molecule has 1 aliphatic heterocycles. The Bertz CT molecular complexity index is 258. The molecule has 0 aliphatic carbocycles. The van der Waals surface area contributed by atoms with Crippen LogP contribution >= 0.6 is 0 Å². The topological polar surface area (TPSA) is 40.5 Å². The smallest absolute Gasteiger partial charge is 0.307 e. The number of rotatable bonds is 2. The molecule has 0 bridgehead atoms. The molecule has 1 heterocycles. The zero-order valence-corrected chi connectivity index (χ0v) is 10.5. The summed E-state index contributed by atoms with van der Waals surface area (Å²) in [5.41, 5.74) is -0.120. The average Bonchev–Trinajstić information content (AvgIpc) is 2.08. The van der Waals surface area contributed by atoms with Crippen molar-refractivity contribution in [2.45, 2.75) is 46.6 Å². The van der Waals surface area contributed by atoms with Crippen molar-refractivity contribution < 1.29 is 9.90 Å². The third kappa shape index (κ3) is 2.33. The van der Waals surface area contributed by atoms with Crippen molar-refractivity contribution in [3.63, 3.8) is 0 Å². The van der Waals surface area contributed by atoms with Gasteiger partial charge in [-0.1, -0.05) is 20.8 Å². The molecular weight excluding hydrogens is 190 g/mol. The number of piperidine rings is 1. The van der Waals surface area contributed by atoms with Gasteiger partial charge >= 0.3 is 5.97 Å². The highest BCUT2D eigenvalue weighted by atomic mass is 16.4. The van der Waals surface area contributed by atoms with Crippen molar-refractivity contribution in [2.24, 2.45) is 11.3 Å². The van der Waals surface area contributed by atoms with Crippen LogP contribution in [0.5, 0.6) is 0 Å². The predicted octanol–water partition coefficient (Wildman–Crippen LogP) is 2.22. The quantitative estimate of drug-likeness (QED) is 0.764. The Morgan fingerprint density at radius 3 is 2.33 bits per heavy atom. The number of carboxylic acids is 1. The van der Waals surface area contributed by atoms with Gasteiger partial charge in [0.15, 0.2) is 0 Å². The van der Waals surface area contributed by atoms with E-state index in [-0.39, 0.29) is 16.9 Å². The van der Waals surface area contributed by atoms with Crippen molar-refractivity contribution in [1.82, 2.24) is 4.90 Å². The highest BCUT2D eigenvalue weighted by Crippen LogP contribution is 2.42. The number of hydrogen-bond donors (Lipinski definition) is 1. The Labute approximate surface area is 92.5 Å². The lowest BCUT2D eigenvalue weighted by Gasteiger charge is -2.51. The van der Waals surface area contributed by atoms with Gasteiger partial charge in [-0.2, -0.15) is 0 Å². The standard InChI is InChI=1S/C12H23NO2/c1-6-13-8-11(2,3)9(10(14)15)7-12(13,4)5/h9H,6-8H2,1-5H3,(H,14,15). The van der Waals surface area contributed by atoms with Crippen LogP contribution in [0.1, 0.15) is 41.0 Å². The third-order valence-corrected chi connectivity index (χ3v) is 3.78. The van der Waals surface area contributed by atoms with Crippen molar-refractivity contribution in [2.75, 3.05) is 13.1 Å². The summed E-state index contributed by atoms with van der Waals surface area (Å²) < 4.78 is 0. The van der Waals surface area contributed by atoms with Crippen molar-refractivity contribution >= 4 is 5.97 Å². The van der Waals surface area contributed by atoms with Crippen LogP contribution in [0.25, 0.3) is 0 Å². The first-order valence-electron chi connectivity index (χ1n) is 5.68. The van der Waals surface area contributed by atoms with Crippen LogP contribution in [0.15, 0.2) is 0 Å². The maximum Gasteiger partial charge on any atom is 0.307 e. The fourth-order valence-corrected chi connectivity index (χ4v) is 2.68. The van der Waals surface area contributed by atoms with Gasteiger partial charge in [-0.15, -0.1) is 0 Å². The summed E-state index contributed by atoms with van der Waals surface area (Å²) in [5.74, 6) is -0.876. The molecule has 0 radical (unpaired) electrons. The Balaban J connectivity index is 2.93. The van der Waals surface area contributed by atoms with E-state index in [1.807, 2.05) is 0 Å². The van der Waals surface area contributed by atoms with Gasteiger partial charge in [-0.05, 0) is 32.2 Å². The molecule has 1 aliphatic rings. The summed E-state index contributed by atoms with van der Waals surface area (Å²) in [6.45, 7) is 12.4. The van der Waals surface area contributed by atoms with Crippen LogP contribution in [-0.2, 0) is 4.79 Å². The molecule has 15 heavy (non-hydrogen) atoms. The fraction of sp³-hybridized carbons (Fsp3) is 0.917. The van der Waals surface area contributed by atoms with Gasteiger partial charge in [0.2, 0.25) is 0 Å². The summed E-state index contributed by atoms with van der Waals surface area (Å²) in [6, 6.07) is 0. The predicted molar refractivity (Wildman–Crippen MR) is 60.8 cm³/mol. The average molecular weight is 213 g/mol. The van der Waals surface area contributed by atoms with Crippen LogP contribution < -0.4 is 0 Å². The molecule has 1 saturated heterocycles. The van der Waals surface area contributed by atoms with Gasteiger partial charge in [-0.3, -0.25) is 9.69 Å². The number of hydrogen-bond acceptors (Lipinski definition) is 2. The summed E-state index contributed by atoms with van der Waals surface area (Å²) >= 11 is 0. The molecular formula is C12H23NO2. The van der Waals surface area contributed by atoms with Gasteiger partial charge in [0.25, 0.3) is 0 Å². The van der Waals surface area contributed by atoms with Crippen LogP contribution in [0.4, 0.5) is 0 Å². The molecule has 0 saturated carbocycles. The van der Waals surface area contributed by atoms with E-state index in [1.165, 1.54) is 0 Å². The summed E-state index contributed by atoms with van der Waals surface area (Å²) in [7, 11) is 0. The highest BCUT2D eigenvalue weighted by molar-refractivity contribution is 5.71. The molecule has 3 heteroatoms. The molecule has 0 spiro atoms. The molecule has 3 nitrogen and oxygen atoms in total. The molecule has 0 aromatic heterocycles. The first-order chi connectivity index (χ1) is 6.70. The molecule has 1 rings (SSSR count). The molecule has 1 N–H and O–H groups in total. The Morgan fingerprint density at radius 2 is 1.93 bits per heavy atom. The van der Waals surface area contributed by atoms with Gasteiger partial charge in [-0.25, -0.2) is 0 Å². The molecule has 0 amide bonds. The van der Waals surface area contributed by atoms with Crippen molar-refractivity contribution in [3.05, 3.63) is 0 Å². The zero-order chi connectivity index (χ0) is 11.9. The van der Waals surface area contributed by atoms with E-state index in [2.05, 4.69) is 39.5 Å². The van der Waals surface area contributed by atoms with E-state index in [0.717, 1.165) is 19.5 Å². The van der Waals surface area contributed by atoms with Crippen molar-refractivity contribution in [1.29, 1.82) is 0 Å². The minimum absolute atomic E-state index is 0.00727. The normalized spacial score (nSPS) is 30.1.